The summed E-state index contributed by atoms with van der Waals surface area (Å²) < 4.78 is 0. The maximum atomic E-state index is 2.30. The third-order valence-electron chi connectivity index (χ3n) is 1.70. The van der Waals surface area contributed by atoms with E-state index in [-0.39, 0.29) is 13.5 Å². The molecule has 0 aromatic carbocycles. The Balaban J connectivity index is -0.000000249. The van der Waals surface area contributed by atoms with Gasteiger partial charge in [-0.3, -0.25) is 0 Å². The highest BCUT2D eigenvalue weighted by Gasteiger charge is 2.14. The molecule has 1 nitrogen and oxygen atoms in total. The van der Waals surface area contributed by atoms with Gasteiger partial charge in [-0.05, 0) is 25.9 Å². The van der Waals surface area contributed by atoms with Crippen molar-refractivity contribution in [3.05, 3.63) is 0 Å². The molecule has 0 radical (unpaired) electrons. The lowest BCUT2D eigenvalue weighted by Gasteiger charge is -2.26. The van der Waals surface area contributed by atoms with Crippen molar-refractivity contribution in [2.45, 2.75) is 41.0 Å². The summed E-state index contributed by atoms with van der Waals surface area (Å²) in [5.74, 6) is 0. The van der Waals surface area contributed by atoms with Crippen LogP contribution in [0.2, 0.25) is 0 Å². The van der Waals surface area contributed by atoms with Crippen molar-refractivity contribution in [2.24, 2.45) is 5.41 Å². The first-order valence-corrected chi connectivity index (χ1v) is 4.62. The molecule has 0 aliphatic heterocycles. The molecule has 0 aromatic rings. The molecule has 0 atom stereocenters. The molecule has 0 bridgehead atoms. The van der Waals surface area contributed by atoms with Crippen molar-refractivity contribution in [1.82, 2.24) is 4.90 Å². The van der Waals surface area contributed by atoms with Gasteiger partial charge in [0.15, 0.2) is 0 Å². The second kappa shape index (κ2) is 9.40. The smallest absolute Gasteiger partial charge is 0.00265 e. The summed E-state index contributed by atoms with van der Waals surface area (Å²) in [5.41, 5.74) is 0.490. The zero-order valence-corrected chi connectivity index (χ0v) is 10.9. The summed E-state index contributed by atoms with van der Waals surface area (Å²) in [5, 5.41) is 0. The normalized spacial score (nSPS) is 10.0. The minimum absolute atomic E-state index is 0. The average molecular weight is 193 g/mol. The lowest BCUT2D eigenvalue weighted by Crippen LogP contribution is -2.27. The van der Waals surface area contributed by atoms with Gasteiger partial charge < -0.3 is 4.90 Å². The zero-order valence-electron chi connectivity index (χ0n) is 9.86. The Morgan fingerprint density at radius 3 is 1.50 bits per heavy atom. The lowest BCUT2D eigenvalue weighted by atomic mass is 9.90. The molecule has 0 saturated carbocycles. The number of nitrogens with zero attached hydrogens (tertiary/aromatic N) is 1. The van der Waals surface area contributed by atoms with E-state index in [9.17, 15) is 0 Å². The third kappa shape index (κ3) is 12.9. The van der Waals surface area contributed by atoms with E-state index in [1.54, 1.807) is 0 Å². The molecule has 0 aromatic heterocycles. The number of hydrogen-bond acceptors (Lipinski definition) is 1. The Labute approximate surface area is 86.0 Å². The van der Waals surface area contributed by atoms with Gasteiger partial charge in [-0.2, -0.15) is 13.5 Å². The molecule has 0 rings (SSSR count). The van der Waals surface area contributed by atoms with Crippen molar-refractivity contribution >= 4 is 13.5 Å². The molecular formula is C10H27NS. The first-order chi connectivity index (χ1) is 4.98. The first-order valence-electron chi connectivity index (χ1n) is 4.62. The molecule has 0 heterocycles. The summed E-state index contributed by atoms with van der Waals surface area (Å²) in [6.45, 7) is 12.0. The van der Waals surface area contributed by atoms with Crippen LogP contribution in [0.1, 0.15) is 41.0 Å². The van der Waals surface area contributed by atoms with Gasteiger partial charge in [0, 0.05) is 6.54 Å². The van der Waals surface area contributed by atoms with Crippen LogP contribution < -0.4 is 0 Å². The van der Waals surface area contributed by atoms with Crippen LogP contribution in [0.3, 0.4) is 0 Å². The maximum Gasteiger partial charge on any atom is 0.00265 e. The van der Waals surface area contributed by atoms with E-state index in [0.29, 0.717) is 5.41 Å². The zero-order chi connectivity index (χ0) is 9.49. The van der Waals surface area contributed by atoms with Gasteiger partial charge in [-0.25, -0.2) is 0 Å². The SMILES string of the molecule is CC.CCC(C)(C)CN(C)C.S. The van der Waals surface area contributed by atoms with Crippen molar-refractivity contribution in [2.75, 3.05) is 20.6 Å². The molecule has 0 unspecified atom stereocenters. The van der Waals surface area contributed by atoms with Gasteiger partial charge in [-0.15, -0.1) is 0 Å². The fourth-order valence-electron chi connectivity index (χ4n) is 0.968. The van der Waals surface area contributed by atoms with E-state index >= 15 is 0 Å². The number of hydrogen-bond donors (Lipinski definition) is 0. The standard InChI is InChI=1S/C8H19N.C2H6.H2S/c1-6-8(2,3)7-9(4)5;1-2;/h6-7H2,1-5H3;1-2H3;1H2. The molecule has 12 heavy (non-hydrogen) atoms. The van der Waals surface area contributed by atoms with Gasteiger partial charge >= 0.3 is 0 Å². The van der Waals surface area contributed by atoms with Gasteiger partial charge in [0.2, 0.25) is 0 Å². The van der Waals surface area contributed by atoms with Crippen molar-refractivity contribution < 1.29 is 0 Å². The molecular weight excluding hydrogens is 166 g/mol. The van der Waals surface area contributed by atoms with Crippen LogP contribution in [-0.4, -0.2) is 25.5 Å². The van der Waals surface area contributed by atoms with Gasteiger partial charge in [0.1, 0.15) is 0 Å². The van der Waals surface area contributed by atoms with Crippen LogP contribution in [0.4, 0.5) is 0 Å². The molecule has 0 fully saturated rings. The first kappa shape index (κ1) is 18.2. The molecule has 0 N–H and O–H groups in total. The average Bonchev–Trinajstić information content (AvgIpc) is 1.90. The topological polar surface area (TPSA) is 3.24 Å². The van der Waals surface area contributed by atoms with Crippen LogP contribution in [-0.2, 0) is 0 Å². The molecule has 0 aliphatic carbocycles. The molecule has 78 valence electrons. The third-order valence-corrected chi connectivity index (χ3v) is 1.70. The quantitative estimate of drug-likeness (QED) is 0.666. The monoisotopic (exact) mass is 193 g/mol. The van der Waals surface area contributed by atoms with Gasteiger partial charge in [0.05, 0.1) is 0 Å². The predicted octanol–water partition coefficient (Wildman–Crippen LogP) is 3.12. The highest BCUT2D eigenvalue weighted by molar-refractivity contribution is 7.59. The van der Waals surface area contributed by atoms with Crippen LogP contribution in [0, 0.1) is 5.41 Å². The van der Waals surface area contributed by atoms with E-state index in [0.717, 1.165) is 0 Å². The van der Waals surface area contributed by atoms with E-state index in [1.165, 1.54) is 13.0 Å². The van der Waals surface area contributed by atoms with Crippen LogP contribution in [0.25, 0.3) is 0 Å². The Morgan fingerprint density at radius 1 is 1.08 bits per heavy atom. The summed E-state index contributed by atoms with van der Waals surface area (Å²) in [6, 6.07) is 0. The highest BCUT2D eigenvalue weighted by Crippen LogP contribution is 2.19. The molecule has 0 spiro atoms. The Kier molecular flexibility index (Phi) is 14.2. The van der Waals surface area contributed by atoms with E-state index in [4.69, 9.17) is 0 Å². The van der Waals surface area contributed by atoms with Crippen molar-refractivity contribution in [1.29, 1.82) is 0 Å². The predicted molar refractivity (Wildman–Crippen MR) is 64.4 cm³/mol. The van der Waals surface area contributed by atoms with Crippen molar-refractivity contribution in [3.8, 4) is 0 Å². The summed E-state index contributed by atoms with van der Waals surface area (Å²) >= 11 is 0. The van der Waals surface area contributed by atoms with Crippen molar-refractivity contribution in [3.63, 3.8) is 0 Å². The molecule has 2 heteroatoms. The fourth-order valence-corrected chi connectivity index (χ4v) is 0.968. The largest absolute Gasteiger partial charge is 0.309 e. The second-order valence-electron chi connectivity index (χ2n) is 3.76. The van der Waals surface area contributed by atoms with Crippen LogP contribution >= 0.6 is 13.5 Å². The Morgan fingerprint density at radius 2 is 1.42 bits per heavy atom. The fraction of sp³-hybridized carbons (Fsp3) is 1.00. The van der Waals surface area contributed by atoms with Gasteiger partial charge in [-0.1, -0.05) is 34.6 Å². The number of rotatable bonds is 3. The Hall–Kier alpha value is 0.310. The second-order valence-corrected chi connectivity index (χ2v) is 3.76. The highest BCUT2D eigenvalue weighted by atomic mass is 32.1. The lowest BCUT2D eigenvalue weighted by molar-refractivity contribution is 0.233. The summed E-state index contributed by atoms with van der Waals surface area (Å²) in [7, 11) is 4.24. The van der Waals surface area contributed by atoms with Gasteiger partial charge in [0.25, 0.3) is 0 Å². The van der Waals surface area contributed by atoms with Crippen LogP contribution in [0.5, 0.6) is 0 Å². The van der Waals surface area contributed by atoms with E-state index in [1.807, 2.05) is 13.8 Å². The summed E-state index contributed by atoms with van der Waals surface area (Å²) in [4.78, 5) is 2.24. The van der Waals surface area contributed by atoms with E-state index < -0.39 is 0 Å². The minimum Gasteiger partial charge on any atom is -0.309 e. The maximum absolute atomic E-state index is 2.30. The van der Waals surface area contributed by atoms with E-state index in [2.05, 4.69) is 39.8 Å². The molecule has 0 aliphatic rings. The van der Waals surface area contributed by atoms with Crippen LogP contribution in [0.15, 0.2) is 0 Å². The Bertz CT molecular complexity index is 79.9. The molecule has 0 saturated heterocycles. The summed E-state index contributed by atoms with van der Waals surface area (Å²) in [6.07, 6.45) is 1.26. The molecule has 0 amide bonds. The minimum atomic E-state index is 0.